The topological polar surface area (TPSA) is 85.4 Å². The average Bonchev–Trinajstić information content (AvgIpc) is 2.67. The van der Waals surface area contributed by atoms with Crippen molar-refractivity contribution in [1.82, 2.24) is 15.3 Å². The third-order valence-corrected chi connectivity index (χ3v) is 3.78. The molecule has 1 fully saturated rings. The van der Waals surface area contributed by atoms with Gasteiger partial charge >= 0.3 is 6.18 Å². The molecule has 28 heavy (non-hydrogen) atoms. The number of rotatable bonds is 5. The van der Waals surface area contributed by atoms with Gasteiger partial charge in [0, 0.05) is 24.3 Å². The van der Waals surface area contributed by atoms with Gasteiger partial charge in [-0.2, -0.15) is 13.2 Å². The van der Waals surface area contributed by atoms with E-state index in [4.69, 9.17) is 4.74 Å². The van der Waals surface area contributed by atoms with E-state index in [-0.39, 0.29) is 17.3 Å². The van der Waals surface area contributed by atoms with Crippen molar-refractivity contribution in [2.75, 3.05) is 31.6 Å². The molecule has 1 aliphatic rings. The van der Waals surface area contributed by atoms with Crippen molar-refractivity contribution in [3.05, 3.63) is 47.7 Å². The quantitative estimate of drug-likeness (QED) is 0.751. The summed E-state index contributed by atoms with van der Waals surface area (Å²) in [6.45, 7) is 0.150. The molecule has 0 saturated carbocycles. The van der Waals surface area contributed by atoms with E-state index >= 15 is 0 Å². The summed E-state index contributed by atoms with van der Waals surface area (Å²) in [4.78, 5) is 19.4. The molecule has 0 unspecified atom stereocenters. The molecular weight excluding hydrogens is 384 g/mol. The van der Waals surface area contributed by atoms with Crippen molar-refractivity contribution < 1.29 is 31.8 Å². The molecule has 1 saturated heterocycles. The molecule has 1 amide bonds. The maximum Gasteiger partial charge on any atom is 0.422 e. The summed E-state index contributed by atoms with van der Waals surface area (Å²) in [6.07, 6.45) is -3.05. The van der Waals surface area contributed by atoms with Crippen LogP contribution in [0.5, 0.6) is 5.88 Å². The fraction of sp³-hybridized carbons (Fsp3) is 0.353. The lowest BCUT2D eigenvalue weighted by molar-refractivity contribution is -0.154. The number of hydrogen-bond acceptors (Lipinski definition) is 6. The number of ether oxygens (including phenoxy) is 2. The standard InChI is InChI=1S/C17H16F4N4O3/c18-12-5-10(1-2-11(12)14-7-22-3-4-27-14)25-16(26)13-6-24-15(8-23-13)28-9-17(19,20)21/h1-2,5-6,8,14,22H,3-4,7,9H2,(H,25,26)/t14-/m1/s1. The van der Waals surface area contributed by atoms with Gasteiger partial charge in [0.05, 0.1) is 25.1 Å². The first-order chi connectivity index (χ1) is 13.3. The molecule has 2 N–H and O–H groups in total. The zero-order valence-electron chi connectivity index (χ0n) is 14.4. The molecule has 7 nitrogen and oxygen atoms in total. The second-order valence-electron chi connectivity index (χ2n) is 5.90. The first kappa shape index (κ1) is 20.0. The third-order valence-electron chi connectivity index (χ3n) is 3.78. The van der Waals surface area contributed by atoms with E-state index in [2.05, 4.69) is 25.3 Å². The summed E-state index contributed by atoms with van der Waals surface area (Å²) in [5.41, 5.74) is 0.397. The molecular formula is C17H16F4N4O3. The Labute approximate surface area is 157 Å². The first-order valence-electron chi connectivity index (χ1n) is 8.26. The number of alkyl halides is 3. The molecule has 1 atom stereocenters. The SMILES string of the molecule is O=C(Nc1ccc([C@H]2CNCCO2)c(F)c1)c1cnc(OCC(F)(F)F)cn1. The molecule has 1 aromatic heterocycles. The Balaban J connectivity index is 1.61. The van der Waals surface area contributed by atoms with Crippen molar-refractivity contribution in [3.8, 4) is 5.88 Å². The molecule has 2 heterocycles. The van der Waals surface area contributed by atoms with Gasteiger partial charge < -0.3 is 20.1 Å². The number of halogens is 4. The van der Waals surface area contributed by atoms with Gasteiger partial charge in [0.2, 0.25) is 5.88 Å². The van der Waals surface area contributed by atoms with Gasteiger partial charge in [0.25, 0.3) is 5.91 Å². The average molecular weight is 400 g/mol. The summed E-state index contributed by atoms with van der Waals surface area (Å²) in [5, 5.41) is 5.55. The van der Waals surface area contributed by atoms with Crippen molar-refractivity contribution in [2.24, 2.45) is 0 Å². The summed E-state index contributed by atoms with van der Waals surface area (Å²) >= 11 is 0. The van der Waals surface area contributed by atoms with Crippen LogP contribution in [-0.2, 0) is 4.74 Å². The van der Waals surface area contributed by atoms with E-state index in [1.165, 1.54) is 12.1 Å². The highest BCUT2D eigenvalue weighted by Gasteiger charge is 2.28. The lowest BCUT2D eigenvalue weighted by atomic mass is 10.1. The summed E-state index contributed by atoms with van der Waals surface area (Å²) in [6, 6.07) is 4.18. The Morgan fingerprint density at radius 2 is 2.14 bits per heavy atom. The monoisotopic (exact) mass is 400 g/mol. The number of anilines is 1. The van der Waals surface area contributed by atoms with Crippen molar-refractivity contribution in [1.29, 1.82) is 0 Å². The van der Waals surface area contributed by atoms with Crippen LogP contribution in [0.3, 0.4) is 0 Å². The predicted molar refractivity (Wildman–Crippen MR) is 89.5 cm³/mol. The fourth-order valence-corrected chi connectivity index (χ4v) is 2.49. The summed E-state index contributed by atoms with van der Waals surface area (Å²) in [5.74, 6) is -1.60. The highest BCUT2D eigenvalue weighted by molar-refractivity contribution is 6.02. The Morgan fingerprint density at radius 3 is 2.75 bits per heavy atom. The molecule has 3 rings (SSSR count). The van der Waals surface area contributed by atoms with Gasteiger partial charge in [-0.15, -0.1) is 0 Å². The van der Waals surface area contributed by atoms with Crippen LogP contribution in [0.15, 0.2) is 30.6 Å². The Morgan fingerprint density at radius 1 is 1.32 bits per heavy atom. The minimum absolute atomic E-state index is 0.163. The minimum atomic E-state index is -4.51. The number of benzene rings is 1. The van der Waals surface area contributed by atoms with Crippen LogP contribution in [0.2, 0.25) is 0 Å². The first-order valence-corrected chi connectivity index (χ1v) is 8.26. The lowest BCUT2D eigenvalue weighted by Crippen LogP contribution is -2.33. The van der Waals surface area contributed by atoms with Gasteiger partial charge in [-0.25, -0.2) is 14.4 Å². The van der Waals surface area contributed by atoms with Crippen LogP contribution in [0.1, 0.15) is 22.2 Å². The van der Waals surface area contributed by atoms with E-state index in [9.17, 15) is 22.4 Å². The number of nitrogens with zero attached hydrogens (tertiary/aromatic N) is 2. The summed E-state index contributed by atoms with van der Waals surface area (Å²) in [7, 11) is 0. The number of hydrogen-bond donors (Lipinski definition) is 2. The minimum Gasteiger partial charge on any atom is -0.467 e. The number of nitrogens with one attached hydrogen (secondary N) is 2. The molecule has 150 valence electrons. The molecule has 2 aromatic rings. The number of carbonyl (C=O) groups excluding carboxylic acids is 1. The van der Waals surface area contributed by atoms with Crippen LogP contribution in [0.4, 0.5) is 23.2 Å². The highest BCUT2D eigenvalue weighted by Crippen LogP contribution is 2.24. The molecule has 0 spiro atoms. The molecule has 0 radical (unpaired) electrons. The number of morpholine rings is 1. The van der Waals surface area contributed by atoms with E-state index in [0.717, 1.165) is 18.5 Å². The molecule has 1 aromatic carbocycles. The van der Waals surface area contributed by atoms with Crippen molar-refractivity contribution in [3.63, 3.8) is 0 Å². The third kappa shape index (κ3) is 5.36. The van der Waals surface area contributed by atoms with Crippen LogP contribution in [0, 0.1) is 5.82 Å². The Bertz CT molecular complexity index is 824. The second-order valence-corrected chi connectivity index (χ2v) is 5.90. The largest absolute Gasteiger partial charge is 0.467 e. The van der Waals surface area contributed by atoms with Gasteiger partial charge in [-0.1, -0.05) is 6.07 Å². The fourth-order valence-electron chi connectivity index (χ4n) is 2.49. The van der Waals surface area contributed by atoms with Crippen molar-refractivity contribution >= 4 is 11.6 Å². The van der Waals surface area contributed by atoms with Gasteiger partial charge in [0.15, 0.2) is 6.61 Å². The Hall–Kier alpha value is -2.79. The molecule has 0 aliphatic carbocycles. The number of amides is 1. The lowest BCUT2D eigenvalue weighted by Gasteiger charge is -2.24. The smallest absolute Gasteiger partial charge is 0.422 e. The number of carbonyl (C=O) groups is 1. The van der Waals surface area contributed by atoms with E-state index in [1.807, 2.05) is 0 Å². The molecule has 0 bridgehead atoms. The Kier molecular flexibility index (Phi) is 6.05. The second kappa shape index (κ2) is 8.48. The van der Waals surface area contributed by atoms with E-state index < -0.39 is 30.6 Å². The van der Waals surface area contributed by atoms with Crippen LogP contribution in [-0.4, -0.2) is 48.4 Å². The maximum atomic E-state index is 14.3. The van der Waals surface area contributed by atoms with Gasteiger partial charge in [-0.05, 0) is 12.1 Å². The van der Waals surface area contributed by atoms with Crippen LogP contribution < -0.4 is 15.4 Å². The maximum absolute atomic E-state index is 14.3. The van der Waals surface area contributed by atoms with Gasteiger partial charge in [-0.3, -0.25) is 4.79 Å². The van der Waals surface area contributed by atoms with Crippen molar-refractivity contribution in [2.45, 2.75) is 12.3 Å². The zero-order chi connectivity index (χ0) is 20.1. The van der Waals surface area contributed by atoms with Crippen LogP contribution in [0.25, 0.3) is 0 Å². The summed E-state index contributed by atoms with van der Waals surface area (Å²) < 4.78 is 60.5. The van der Waals surface area contributed by atoms with Crippen LogP contribution >= 0.6 is 0 Å². The van der Waals surface area contributed by atoms with E-state index in [0.29, 0.717) is 25.3 Å². The molecule has 11 heteroatoms. The highest BCUT2D eigenvalue weighted by atomic mass is 19.4. The number of aromatic nitrogens is 2. The predicted octanol–water partition coefficient (Wildman–Crippen LogP) is 2.47. The van der Waals surface area contributed by atoms with E-state index in [1.54, 1.807) is 0 Å². The molecule has 1 aliphatic heterocycles. The van der Waals surface area contributed by atoms with Gasteiger partial charge in [0.1, 0.15) is 11.5 Å². The normalized spacial score (nSPS) is 17.2. The zero-order valence-corrected chi connectivity index (χ0v) is 14.4.